The molecule has 2 aromatic carbocycles. The molecule has 0 unspecified atom stereocenters. The van der Waals surface area contributed by atoms with Gasteiger partial charge in [0.25, 0.3) is 0 Å². The summed E-state index contributed by atoms with van der Waals surface area (Å²) >= 11 is 0. The Kier molecular flexibility index (Phi) is 3.98. The van der Waals surface area contributed by atoms with Gasteiger partial charge in [-0.25, -0.2) is 4.39 Å². The van der Waals surface area contributed by atoms with Crippen LogP contribution in [0.5, 0.6) is 23.0 Å². The SMILES string of the molecule is COc1cc(N)c(Oc2cccc(C)c2F)cc1OC. The number of hydrogen-bond donors (Lipinski definition) is 1. The van der Waals surface area contributed by atoms with E-state index in [4.69, 9.17) is 19.9 Å². The molecule has 0 saturated heterocycles. The van der Waals surface area contributed by atoms with E-state index in [1.165, 1.54) is 14.2 Å². The molecule has 2 N–H and O–H groups in total. The van der Waals surface area contributed by atoms with Gasteiger partial charge in [-0.05, 0) is 18.6 Å². The van der Waals surface area contributed by atoms with Crippen molar-refractivity contribution in [3.05, 3.63) is 41.7 Å². The normalized spacial score (nSPS) is 10.2. The first-order valence-corrected chi connectivity index (χ1v) is 6.01. The minimum atomic E-state index is -0.415. The van der Waals surface area contributed by atoms with E-state index in [1.807, 2.05) is 0 Å². The number of ether oxygens (including phenoxy) is 3. The zero-order valence-electron chi connectivity index (χ0n) is 11.6. The minimum Gasteiger partial charge on any atom is -0.493 e. The minimum absolute atomic E-state index is 0.115. The molecule has 5 heteroatoms. The summed E-state index contributed by atoms with van der Waals surface area (Å²) in [7, 11) is 3.02. The van der Waals surface area contributed by atoms with Crippen LogP contribution in [0, 0.1) is 12.7 Å². The molecule has 0 bridgehead atoms. The van der Waals surface area contributed by atoms with Gasteiger partial charge in [0.2, 0.25) is 0 Å². The van der Waals surface area contributed by atoms with Crippen LogP contribution >= 0.6 is 0 Å². The van der Waals surface area contributed by atoms with Crippen LogP contribution in [0.2, 0.25) is 0 Å². The summed E-state index contributed by atoms with van der Waals surface area (Å²) in [6.45, 7) is 1.67. The second kappa shape index (κ2) is 5.69. The largest absolute Gasteiger partial charge is 0.493 e. The van der Waals surface area contributed by atoms with Crippen molar-refractivity contribution in [3.63, 3.8) is 0 Å². The number of anilines is 1. The van der Waals surface area contributed by atoms with E-state index >= 15 is 0 Å². The van der Waals surface area contributed by atoms with E-state index in [9.17, 15) is 4.39 Å². The van der Waals surface area contributed by atoms with E-state index < -0.39 is 5.82 Å². The van der Waals surface area contributed by atoms with Gasteiger partial charge in [0, 0.05) is 12.1 Å². The molecule has 4 nitrogen and oxygen atoms in total. The van der Waals surface area contributed by atoms with Crippen LogP contribution < -0.4 is 19.9 Å². The Morgan fingerprint density at radius 1 is 0.950 bits per heavy atom. The second-order valence-corrected chi connectivity index (χ2v) is 4.23. The van der Waals surface area contributed by atoms with Crippen molar-refractivity contribution < 1.29 is 18.6 Å². The number of nitrogen functional groups attached to an aromatic ring is 1. The van der Waals surface area contributed by atoms with E-state index in [0.29, 0.717) is 28.5 Å². The first kappa shape index (κ1) is 14.0. The summed E-state index contributed by atoms with van der Waals surface area (Å²) in [5.41, 5.74) is 6.71. The van der Waals surface area contributed by atoms with Crippen LogP contribution in [0.1, 0.15) is 5.56 Å². The molecule has 106 valence electrons. The smallest absolute Gasteiger partial charge is 0.168 e. The summed E-state index contributed by atoms with van der Waals surface area (Å²) in [5.74, 6) is 0.963. The third kappa shape index (κ3) is 2.61. The fraction of sp³-hybridized carbons (Fsp3) is 0.200. The van der Waals surface area contributed by atoms with Crippen LogP contribution in [0.4, 0.5) is 10.1 Å². The molecular formula is C15H16FNO3. The van der Waals surface area contributed by atoms with E-state index in [1.54, 1.807) is 37.3 Å². The molecule has 0 radical (unpaired) electrons. The van der Waals surface area contributed by atoms with Crippen LogP contribution in [-0.4, -0.2) is 14.2 Å². The fourth-order valence-corrected chi connectivity index (χ4v) is 1.78. The highest BCUT2D eigenvalue weighted by Gasteiger charge is 2.13. The molecule has 0 spiro atoms. The Labute approximate surface area is 116 Å². The lowest BCUT2D eigenvalue weighted by Crippen LogP contribution is -1.98. The lowest BCUT2D eigenvalue weighted by Gasteiger charge is -2.14. The molecule has 0 aliphatic carbocycles. The molecule has 0 amide bonds. The van der Waals surface area contributed by atoms with Gasteiger partial charge in [0.1, 0.15) is 0 Å². The summed E-state index contributed by atoms with van der Waals surface area (Å²) in [6.07, 6.45) is 0. The third-order valence-corrected chi connectivity index (χ3v) is 2.89. The van der Waals surface area contributed by atoms with Gasteiger partial charge >= 0.3 is 0 Å². The molecule has 2 aromatic rings. The summed E-state index contributed by atoms with van der Waals surface area (Å²) in [6, 6.07) is 8.06. The zero-order chi connectivity index (χ0) is 14.7. The highest BCUT2D eigenvalue weighted by atomic mass is 19.1. The zero-order valence-corrected chi connectivity index (χ0v) is 11.6. The first-order chi connectivity index (χ1) is 9.56. The van der Waals surface area contributed by atoms with E-state index in [-0.39, 0.29) is 5.75 Å². The van der Waals surface area contributed by atoms with Gasteiger partial charge in [-0.2, -0.15) is 0 Å². The molecular weight excluding hydrogens is 261 g/mol. The number of benzene rings is 2. The highest BCUT2D eigenvalue weighted by Crippen LogP contribution is 2.38. The highest BCUT2D eigenvalue weighted by molar-refractivity contribution is 5.62. The van der Waals surface area contributed by atoms with Crippen molar-refractivity contribution >= 4 is 5.69 Å². The van der Waals surface area contributed by atoms with Crippen molar-refractivity contribution in [1.29, 1.82) is 0 Å². The molecule has 0 fully saturated rings. The topological polar surface area (TPSA) is 53.7 Å². The Bertz CT molecular complexity index is 629. The molecule has 0 saturated carbocycles. The molecule has 0 aliphatic rings. The average molecular weight is 277 g/mol. The monoisotopic (exact) mass is 277 g/mol. The Hall–Kier alpha value is -2.43. The number of nitrogens with two attached hydrogens (primary N) is 1. The number of methoxy groups -OCH3 is 2. The quantitative estimate of drug-likeness (QED) is 0.869. The summed E-state index contributed by atoms with van der Waals surface area (Å²) in [5, 5.41) is 0. The number of aryl methyl sites for hydroxylation is 1. The molecule has 2 rings (SSSR count). The Morgan fingerprint density at radius 3 is 2.25 bits per heavy atom. The maximum Gasteiger partial charge on any atom is 0.168 e. The van der Waals surface area contributed by atoms with E-state index in [2.05, 4.69) is 0 Å². The van der Waals surface area contributed by atoms with Crippen molar-refractivity contribution in [1.82, 2.24) is 0 Å². The van der Waals surface area contributed by atoms with Gasteiger partial charge in [0.05, 0.1) is 19.9 Å². The number of halogens is 1. The summed E-state index contributed by atoms with van der Waals surface area (Å²) < 4.78 is 29.8. The molecule has 0 atom stereocenters. The summed E-state index contributed by atoms with van der Waals surface area (Å²) in [4.78, 5) is 0. The van der Waals surface area contributed by atoms with Crippen molar-refractivity contribution in [2.75, 3.05) is 20.0 Å². The van der Waals surface area contributed by atoms with Crippen LogP contribution in [0.15, 0.2) is 30.3 Å². The van der Waals surface area contributed by atoms with Crippen molar-refractivity contribution in [2.24, 2.45) is 0 Å². The fourth-order valence-electron chi connectivity index (χ4n) is 1.78. The van der Waals surface area contributed by atoms with Crippen molar-refractivity contribution in [2.45, 2.75) is 6.92 Å². The van der Waals surface area contributed by atoms with Gasteiger partial charge in [-0.15, -0.1) is 0 Å². The predicted molar refractivity (Wildman–Crippen MR) is 75.2 cm³/mol. The maximum absolute atomic E-state index is 13.9. The average Bonchev–Trinajstić information content (AvgIpc) is 2.45. The van der Waals surface area contributed by atoms with Crippen LogP contribution in [0.3, 0.4) is 0 Å². The maximum atomic E-state index is 13.9. The lowest BCUT2D eigenvalue weighted by molar-refractivity contribution is 0.352. The molecule has 20 heavy (non-hydrogen) atoms. The first-order valence-electron chi connectivity index (χ1n) is 6.01. The third-order valence-electron chi connectivity index (χ3n) is 2.89. The van der Waals surface area contributed by atoms with Gasteiger partial charge in [-0.3, -0.25) is 0 Å². The van der Waals surface area contributed by atoms with Crippen LogP contribution in [-0.2, 0) is 0 Å². The number of rotatable bonds is 4. The predicted octanol–water partition coefficient (Wildman–Crippen LogP) is 3.53. The lowest BCUT2D eigenvalue weighted by atomic mass is 10.2. The van der Waals surface area contributed by atoms with Gasteiger partial charge in [0.15, 0.2) is 28.8 Å². The second-order valence-electron chi connectivity index (χ2n) is 4.23. The van der Waals surface area contributed by atoms with Crippen molar-refractivity contribution in [3.8, 4) is 23.0 Å². The Balaban J connectivity index is 2.41. The molecule has 0 aromatic heterocycles. The number of hydrogen-bond acceptors (Lipinski definition) is 4. The van der Waals surface area contributed by atoms with E-state index in [0.717, 1.165) is 0 Å². The molecule has 0 aliphatic heterocycles. The standard InChI is InChI=1S/C15H16FNO3/c1-9-5-4-6-11(15(9)16)20-12-8-14(19-3)13(18-2)7-10(12)17/h4-8H,17H2,1-3H3. The molecule has 0 heterocycles. The van der Waals surface area contributed by atoms with Crippen LogP contribution in [0.25, 0.3) is 0 Å². The van der Waals surface area contributed by atoms with Gasteiger partial charge in [-0.1, -0.05) is 12.1 Å². The Morgan fingerprint density at radius 2 is 1.60 bits per heavy atom. The van der Waals surface area contributed by atoms with Gasteiger partial charge < -0.3 is 19.9 Å².